The predicted molar refractivity (Wildman–Crippen MR) is 221 cm³/mol. The van der Waals surface area contributed by atoms with Crippen molar-refractivity contribution in [1.82, 2.24) is 0 Å². The molecule has 55 heavy (non-hydrogen) atoms. The van der Waals surface area contributed by atoms with Crippen LogP contribution < -0.4 is 5.73 Å². The standard InChI is InChI=1S/C43H80NO10P/c1-3-5-7-8-9-10-11-12-13-14-15-16-17-18-21-25-32-51-35-38(36-53-55(49,50)52-33-31-44)54-43(48)28-24-20-19-23-27-39-40(42(47)34-41(39)46)30-29-37(45)26-22-6-4-2/h12-13,19,23,29-30,37-42,45-47H,3-11,14-18,20-22,24-28,31-36,44H2,1-2H3,(H,49,50)/b13-12-,23-19-,30-29+. The topological polar surface area (TPSA) is 178 Å². The minimum atomic E-state index is -4.35. The first-order valence-electron chi connectivity index (χ1n) is 21.7. The number of carbonyl (C=O) groups excluding carboxylic acids is 1. The van der Waals surface area contributed by atoms with Gasteiger partial charge in [0.2, 0.25) is 0 Å². The zero-order chi connectivity index (χ0) is 40.4. The van der Waals surface area contributed by atoms with E-state index in [1.54, 1.807) is 6.08 Å². The maximum absolute atomic E-state index is 12.7. The van der Waals surface area contributed by atoms with Gasteiger partial charge in [0, 0.05) is 31.9 Å². The lowest BCUT2D eigenvalue weighted by Gasteiger charge is -2.20. The van der Waals surface area contributed by atoms with Gasteiger partial charge in [-0.05, 0) is 63.7 Å². The maximum atomic E-state index is 12.7. The molecule has 0 bridgehead atoms. The van der Waals surface area contributed by atoms with Gasteiger partial charge in [-0.2, -0.15) is 0 Å². The lowest BCUT2D eigenvalue weighted by Crippen LogP contribution is -2.28. The lowest BCUT2D eigenvalue weighted by molar-refractivity contribution is -0.154. The quantitative estimate of drug-likeness (QED) is 0.0175. The number of aliphatic hydroxyl groups is 3. The summed E-state index contributed by atoms with van der Waals surface area (Å²) in [6.07, 6.45) is 32.5. The summed E-state index contributed by atoms with van der Waals surface area (Å²) in [7, 11) is -4.35. The SMILES string of the molecule is CCCCCCCC/C=C\CCCCCCCCOCC(COP(=O)(O)OCCN)OC(=O)CCC/C=C\CC1C(O)CC(O)C1/C=C/C(O)CCCCC. The number of rotatable bonds is 37. The van der Waals surface area contributed by atoms with Crippen molar-refractivity contribution < 1.29 is 48.1 Å². The highest BCUT2D eigenvalue weighted by Gasteiger charge is 2.39. The molecule has 0 amide bonds. The summed E-state index contributed by atoms with van der Waals surface area (Å²) in [5.41, 5.74) is 5.36. The second-order valence-electron chi connectivity index (χ2n) is 15.2. The van der Waals surface area contributed by atoms with Crippen LogP contribution in [0, 0.1) is 11.8 Å². The molecule has 1 fully saturated rings. The summed E-state index contributed by atoms with van der Waals surface area (Å²) in [5, 5.41) is 31.3. The van der Waals surface area contributed by atoms with E-state index in [1.165, 1.54) is 64.2 Å². The van der Waals surface area contributed by atoms with Gasteiger partial charge in [-0.3, -0.25) is 13.8 Å². The number of nitrogens with two attached hydrogens (primary N) is 1. The number of ether oxygens (including phenoxy) is 2. The molecule has 1 saturated carbocycles. The van der Waals surface area contributed by atoms with Crippen molar-refractivity contribution in [2.75, 3.05) is 33.0 Å². The molecule has 7 atom stereocenters. The fourth-order valence-corrected chi connectivity index (χ4v) is 7.57. The molecular weight excluding hydrogens is 721 g/mol. The van der Waals surface area contributed by atoms with Gasteiger partial charge in [0.25, 0.3) is 0 Å². The van der Waals surface area contributed by atoms with E-state index < -0.39 is 38.2 Å². The third-order valence-corrected chi connectivity index (χ3v) is 11.1. The average Bonchev–Trinajstić information content (AvgIpc) is 3.43. The Labute approximate surface area is 334 Å². The second-order valence-corrected chi connectivity index (χ2v) is 16.6. The molecule has 0 saturated heterocycles. The van der Waals surface area contributed by atoms with Crippen molar-refractivity contribution in [1.29, 1.82) is 0 Å². The van der Waals surface area contributed by atoms with E-state index in [0.29, 0.717) is 38.7 Å². The molecule has 1 aliphatic rings. The molecule has 0 aromatic heterocycles. The number of hydrogen-bond donors (Lipinski definition) is 5. The minimum Gasteiger partial charge on any atom is -0.457 e. The van der Waals surface area contributed by atoms with Crippen molar-refractivity contribution in [2.45, 2.75) is 186 Å². The van der Waals surface area contributed by atoms with E-state index in [2.05, 4.69) is 26.0 Å². The molecule has 0 aromatic carbocycles. The van der Waals surface area contributed by atoms with Gasteiger partial charge in [0.15, 0.2) is 0 Å². The largest absolute Gasteiger partial charge is 0.472 e. The Kier molecular flexibility index (Phi) is 32.5. The molecule has 0 radical (unpaired) electrons. The summed E-state index contributed by atoms with van der Waals surface area (Å²) in [6.45, 7) is 4.47. The second kappa shape index (κ2) is 34.6. The number of carbonyl (C=O) groups is 1. The van der Waals surface area contributed by atoms with E-state index in [4.69, 9.17) is 24.3 Å². The molecule has 11 nitrogen and oxygen atoms in total. The number of allylic oxidation sites excluding steroid dienone is 4. The van der Waals surface area contributed by atoms with Gasteiger partial charge in [0.05, 0.1) is 38.1 Å². The van der Waals surface area contributed by atoms with Gasteiger partial charge < -0.3 is 35.4 Å². The molecule has 12 heteroatoms. The Morgan fingerprint density at radius 1 is 0.764 bits per heavy atom. The maximum Gasteiger partial charge on any atom is 0.472 e. The van der Waals surface area contributed by atoms with Crippen LogP contribution in [-0.4, -0.2) is 83.6 Å². The molecule has 322 valence electrons. The van der Waals surface area contributed by atoms with Gasteiger partial charge in [-0.15, -0.1) is 0 Å². The smallest absolute Gasteiger partial charge is 0.457 e. The normalized spacial score (nSPS) is 21.2. The third-order valence-electron chi connectivity index (χ3n) is 10.1. The van der Waals surface area contributed by atoms with Crippen molar-refractivity contribution in [2.24, 2.45) is 17.6 Å². The van der Waals surface area contributed by atoms with Crippen LogP contribution in [0.25, 0.3) is 0 Å². The number of unbranched alkanes of at least 4 members (excludes halogenated alkanes) is 15. The van der Waals surface area contributed by atoms with Crippen LogP contribution in [0.2, 0.25) is 0 Å². The number of phosphoric acid groups is 1. The average molecular weight is 802 g/mol. The molecule has 1 aliphatic carbocycles. The fourth-order valence-electron chi connectivity index (χ4n) is 6.81. The zero-order valence-electron chi connectivity index (χ0n) is 34.5. The van der Waals surface area contributed by atoms with Gasteiger partial charge in [-0.25, -0.2) is 4.57 Å². The van der Waals surface area contributed by atoms with Crippen LogP contribution in [0.15, 0.2) is 36.5 Å². The third kappa shape index (κ3) is 28.6. The van der Waals surface area contributed by atoms with E-state index in [9.17, 15) is 29.6 Å². The van der Waals surface area contributed by atoms with Crippen LogP contribution in [0.4, 0.5) is 0 Å². The number of aliphatic hydroxyl groups excluding tert-OH is 3. The van der Waals surface area contributed by atoms with Crippen molar-refractivity contribution in [3.8, 4) is 0 Å². The summed E-state index contributed by atoms with van der Waals surface area (Å²) in [4.78, 5) is 22.6. The van der Waals surface area contributed by atoms with Crippen LogP contribution in [0.1, 0.15) is 162 Å². The summed E-state index contributed by atoms with van der Waals surface area (Å²) in [5.74, 6) is -0.839. The van der Waals surface area contributed by atoms with Crippen LogP contribution in [0.3, 0.4) is 0 Å². The number of phosphoric ester groups is 1. The molecule has 6 N–H and O–H groups in total. The Hall–Kier alpha value is -1.40. The number of hydrogen-bond acceptors (Lipinski definition) is 10. The summed E-state index contributed by atoms with van der Waals surface area (Å²) >= 11 is 0. The van der Waals surface area contributed by atoms with Crippen LogP contribution in [0.5, 0.6) is 0 Å². The molecule has 1 rings (SSSR count). The lowest BCUT2D eigenvalue weighted by atomic mass is 9.89. The fraction of sp³-hybridized carbons (Fsp3) is 0.837. The Balaban J connectivity index is 2.36. The predicted octanol–water partition coefficient (Wildman–Crippen LogP) is 9.02. The van der Waals surface area contributed by atoms with E-state index in [-0.39, 0.29) is 44.6 Å². The highest BCUT2D eigenvalue weighted by molar-refractivity contribution is 7.47. The van der Waals surface area contributed by atoms with Gasteiger partial charge >= 0.3 is 13.8 Å². The van der Waals surface area contributed by atoms with Crippen molar-refractivity contribution in [3.63, 3.8) is 0 Å². The minimum absolute atomic E-state index is 0.0363. The molecule has 0 aliphatic heterocycles. The first-order valence-corrected chi connectivity index (χ1v) is 23.2. The van der Waals surface area contributed by atoms with E-state index in [1.807, 2.05) is 18.2 Å². The number of esters is 1. The first-order chi connectivity index (χ1) is 26.6. The summed E-state index contributed by atoms with van der Waals surface area (Å²) < 4.78 is 33.4. The highest BCUT2D eigenvalue weighted by atomic mass is 31.2. The zero-order valence-corrected chi connectivity index (χ0v) is 35.4. The van der Waals surface area contributed by atoms with Gasteiger partial charge in [-0.1, -0.05) is 127 Å². The van der Waals surface area contributed by atoms with Crippen LogP contribution in [-0.2, 0) is 27.9 Å². The Bertz CT molecular complexity index is 1060. The van der Waals surface area contributed by atoms with Gasteiger partial charge in [0.1, 0.15) is 6.10 Å². The molecule has 0 spiro atoms. The van der Waals surface area contributed by atoms with Crippen LogP contribution >= 0.6 is 7.82 Å². The molecular formula is C43H80NO10P. The Morgan fingerprint density at radius 3 is 2.04 bits per heavy atom. The molecule has 0 aromatic rings. The first kappa shape index (κ1) is 51.6. The van der Waals surface area contributed by atoms with Crippen molar-refractivity contribution >= 4 is 13.8 Å². The summed E-state index contributed by atoms with van der Waals surface area (Å²) in [6, 6.07) is 0. The Morgan fingerprint density at radius 2 is 1.36 bits per heavy atom. The van der Waals surface area contributed by atoms with E-state index >= 15 is 0 Å². The molecule has 0 heterocycles. The van der Waals surface area contributed by atoms with E-state index in [0.717, 1.165) is 44.9 Å². The highest BCUT2D eigenvalue weighted by Crippen LogP contribution is 2.43. The monoisotopic (exact) mass is 802 g/mol. The molecule has 7 unspecified atom stereocenters. The van der Waals surface area contributed by atoms with Crippen molar-refractivity contribution in [3.05, 3.63) is 36.5 Å².